The molecule has 0 unspecified atom stereocenters. The first kappa shape index (κ1) is 4.74. The molecule has 0 aromatic heterocycles. The lowest BCUT2D eigenvalue weighted by molar-refractivity contribution is 0.191. The Morgan fingerprint density at radius 3 is 2.62 bits per heavy atom. The predicted octanol–water partition coefficient (Wildman–Crippen LogP) is 1.28. The summed E-state index contributed by atoms with van der Waals surface area (Å²) in [7, 11) is 0. The van der Waals surface area contributed by atoms with E-state index in [9.17, 15) is 4.39 Å². The Hall–Kier alpha value is -0.110. The summed E-state index contributed by atoms with van der Waals surface area (Å²) >= 11 is 0. The van der Waals surface area contributed by atoms with Crippen LogP contribution in [0.1, 0.15) is 19.3 Å². The molecule has 1 aliphatic heterocycles. The molecule has 0 N–H and O–H groups in total. The van der Waals surface area contributed by atoms with Gasteiger partial charge in [0.05, 0.1) is 6.61 Å². The molecule has 1 saturated carbocycles. The Bertz CT molecular complexity index is 109. The fourth-order valence-electron chi connectivity index (χ4n) is 1.42. The summed E-state index contributed by atoms with van der Waals surface area (Å²) in [5, 5.41) is 0. The van der Waals surface area contributed by atoms with Crippen molar-refractivity contribution >= 4 is 0 Å². The van der Waals surface area contributed by atoms with E-state index in [1.165, 1.54) is 0 Å². The Morgan fingerprint density at radius 2 is 2.38 bits per heavy atom. The normalized spacial score (nSPS) is 52.9. The van der Waals surface area contributed by atoms with Crippen LogP contribution in [0.3, 0.4) is 0 Å². The quantitative estimate of drug-likeness (QED) is 0.434. The van der Waals surface area contributed by atoms with Crippen LogP contribution in [0, 0.1) is 0 Å². The maximum atomic E-state index is 12.6. The van der Waals surface area contributed by atoms with Crippen LogP contribution in [0.5, 0.6) is 0 Å². The molecular weight excluding hydrogens is 107 g/mol. The van der Waals surface area contributed by atoms with Gasteiger partial charge < -0.3 is 4.74 Å². The van der Waals surface area contributed by atoms with E-state index in [-0.39, 0.29) is 5.60 Å². The number of alkyl halides is 1. The van der Waals surface area contributed by atoms with Crippen LogP contribution in [0.2, 0.25) is 0 Å². The molecule has 2 fully saturated rings. The van der Waals surface area contributed by atoms with Crippen molar-refractivity contribution in [1.29, 1.82) is 0 Å². The molecule has 2 heteroatoms. The highest BCUT2D eigenvalue weighted by atomic mass is 19.1. The van der Waals surface area contributed by atoms with E-state index in [0.29, 0.717) is 6.61 Å². The minimum Gasteiger partial charge on any atom is -0.366 e. The van der Waals surface area contributed by atoms with Crippen LogP contribution in [0.15, 0.2) is 0 Å². The molecule has 0 amide bonds. The molecule has 1 heterocycles. The summed E-state index contributed by atoms with van der Waals surface area (Å²) < 4.78 is 17.6. The van der Waals surface area contributed by atoms with Crippen molar-refractivity contribution in [3.05, 3.63) is 0 Å². The highest BCUT2D eigenvalue weighted by Gasteiger charge is 2.54. The summed E-state index contributed by atoms with van der Waals surface area (Å²) in [6, 6.07) is 0. The number of epoxide rings is 1. The number of hydrogen-bond donors (Lipinski definition) is 0. The van der Waals surface area contributed by atoms with E-state index in [0.717, 1.165) is 19.3 Å². The second kappa shape index (κ2) is 1.24. The average Bonchev–Trinajstić information content (AvgIpc) is 2.39. The van der Waals surface area contributed by atoms with E-state index < -0.39 is 6.17 Å². The summed E-state index contributed by atoms with van der Waals surface area (Å²) in [4.78, 5) is 0. The smallest absolute Gasteiger partial charge is 0.131 e. The van der Waals surface area contributed by atoms with Crippen LogP contribution in [-0.4, -0.2) is 18.4 Å². The van der Waals surface area contributed by atoms with Crippen molar-refractivity contribution in [1.82, 2.24) is 0 Å². The minimum absolute atomic E-state index is 0.264. The van der Waals surface area contributed by atoms with E-state index in [1.54, 1.807) is 0 Å². The molecule has 2 atom stereocenters. The third-order valence-corrected chi connectivity index (χ3v) is 2.14. The summed E-state index contributed by atoms with van der Waals surface area (Å²) in [5.74, 6) is 0. The molecule has 0 radical (unpaired) electrons. The molecule has 0 bridgehead atoms. The van der Waals surface area contributed by atoms with Gasteiger partial charge in [0.25, 0.3) is 0 Å². The Morgan fingerprint density at radius 1 is 1.62 bits per heavy atom. The highest BCUT2D eigenvalue weighted by molar-refractivity contribution is 5.03. The van der Waals surface area contributed by atoms with Gasteiger partial charge in [-0.15, -0.1) is 0 Å². The fraction of sp³-hybridized carbons (Fsp3) is 1.00. The van der Waals surface area contributed by atoms with Crippen molar-refractivity contribution in [3.8, 4) is 0 Å². The first-order valence-corrected chi connectivity index (χ1v) is 3.12. The van der Waals surface area contributed by atoms with Gasteiger partial charge in [0.15, 0.2) is 0 Å². The first-order chi connectivity index (χ1) is 3.83. The number of halogens is 1. The van der Waals surface area contributed by atoms with Gasteiger partial charge in [0.1, 0.15) is 11.8 Å². The zero-order valence-electron chi connectivity index (χ0n) is 4.69. The second-order valence-electron chi connectivity index (χ2n) is 2.71. The van der Waals surface area contributed by atoms with Crippen molar-refractivity contribution in [2.24, 2.45) is 0 Å². The Labute approximate surface area is 47.8 Å². The Kier molecular flexibility index (Phi) is 0.734. The third-order valence-electron chi connectivity index (χ3n) is 2.14. The SMILES string of the molecule is F[C@@H]1CCC[C@@]12CO2. The van der Waals surface area contributed by atoms with Crippen LogP contribution in [0.4, 0.5) is 4.39 Å². The summed E-state index contributed by atoms with van der Waals surface area (Å²) in [5.41, 5.74) is -0.264. The van der Waals surface area contributed by atoms with Gasteiger partial charge in [0.2, 0.25) is 0 Å². The maximum Gasteiger partial charge on any atom is 0.131 e. The van der Waals surface area contributed by atoms with Gasteiger partial charge in [-0.1, -0.05) is 0 Å². The van der Waals surface area contributed by atoms with Crippen molar-refractivity contribution in [3.63, 3.8) is 0 Å². The largest absolute Gasteiger partial charge is 0.366 e. The molecule has 8 heavy (non-hydrogen) atoms. The topological polar surface area (TPSA) is 12.5 Å². The molecule has 2 aliphatic rings. The lowest BCUT2D eigenvalue weighted by Gasteiger charge is -2.01. The lowest BCUT2D eigenvalue weighted by Crippen LogP contribution is -2.17. The fourth-order valence-corrected chi connectivity index (χ4v) is 1.42. The first-order valence-electron chi connectivity index (χ1n) is 3.12. The van der Waals surface area contributed by atoms with E-state index >= 15 is 0 Å². The molecule has 1 spiro atoms. The van der Waals surface area contributed by atoms with Gasteiger partial charge in [-0.05, 0) is 19.3 Å². The minimum atomic E-state index is -0.650. The van der Waals surface area contributed by atoms with Gasteiger partial charge in [-0.25, -0.2) is 4.39 Å². The number of hydrogen-bond acceptors (Lipinski definition) is 1. The molecule has 46 valence electrons. The van der Waals surface area contributed by atoms with Crippen LogP contribution in [0.25, 0.3) is 0 Å². The van der Waals surface area contributed by atoms with Crippen LogP contribution in [-0.2, 0) is 4.74 Å². The van der Waals surface area contributed by atoms with E-state index in [1.807, 2.05) is 0 Å². The van der Waals surface area contributed by atoms with Crippen molar-refractivity contribution in [2.75, 3.05) is 6.61 Å². The van der Waals surface area contributed by atoms with Crippen molar-refractivity contribution < 1.29 is 9.13 Å². The summed E-state index contributed by atoms with van der Waals surface area (Å²) in [6.45, 7) is 0.675. The summed E-state index contributed by atoms with van der Waals surface area (Å²) in [6.07, 6.45) is 2.04. The van der Waals surface area contributed by atoms with Gasteiger partial charge in [-0.3, -0.25) is 0 Å². The van der Waals surface area contributed by atoms with Gasteiger partial charge >= 0.3 is 0 Å². The molecule has 0 aromatic carbocycles. The Balaban J connectivity index is 2.12. The highest BCUT2D eigenvalue weighted by Crippen LogP contribution is 2.45. The number of ether oxygens (including phenoxy) is 1. The number of rotatable bonds is 0. The average molecular weight is 116 g/mol. The van der Waals surface area contributed by atoms with Crippen LogP contribution < -0.4 is 0 Å². The second-order valence-corrected chi connectivity index (χ2v) is 2.71. The monoisotopic (exact) mass is 116 g/mol. The molecule has 1 saturated heterocycles. The van der Waals surface area contributed by atoms with Gasteiger partial charge in [-0.2, -0.15) is 0 Å². The van der Waals surface area contributed by atoms with E-state index in [2.05, 4.69) is 0 Å². The van der Waals surface area contributed by atoms with Gasteiger partial charge in [0, 0.05) is 0 Å². The predicted molar refractivity (Wildman–Crippen MR) is 27.4 cm³/mol. The van der Waals surface area contributed by atoms with Crippen molar-refractivity contribution in [2.45, 2.75) is 31.0 Å². The maximum absolute atomic E-state index is 12.6. The molecule has 2 rings (SSSR count). The zero-order valence-corrected chi connectivity index (χ0v) is 4.69. The molecule has 1 aliphatic carbocycles. The van der Waals surface area contributed by atoms with Crippen LogP contribution >= 0.6 is 0 Å². The molecular formula is C6H9FO. The standard InChI is InChI=1S/C6H9FO/c7-5-2-1-3-6(5)4-8-6/h5H,1-4H2/t5-,6-/m1/s1. The molecule has 0 aromatic rings. The third kappa shape index (κ3) is 0.440. The molecule has 1 nitrogen and oxygen atoms in total. The zero-order chi connectivity index (χ0) is 5.61. The van der Waals surface area contributed by atoms with E-state index in [4.69, 9.17) is 4.74 Å². The lowest BCUT2D eigenvalue weighted by atomic mass is 10.1.